The first-order valence-electron chi connectivity index (χ1n) is 9.50. The number of amides is 1. The first-order valence-corrected chi connectivity index (χ1v) is 9.50. The van der Waals surface area contributed by atoms with Crippen LogP contribution in [0.4, 0.5) is 0 Å². The zero-order chi connectivity index (χ0) is 21.5. The average Bonchev–Trinajstić information content (AvgIpc) is 2.75. The zero-order valence-corrected chi connectivity index (χ0v) is 17.0. The van der Waals surface area contributed by atoms with Gasteiger partial charge in [0.15, 0.2) is 0 Å². The molecule has 0 fully saturated rings. The first kappa shape index (κ1) is 20.9. The molecule has 0 unspecified atom stereocenters. The Labute approximate surface area is 175 Å². The molecule has 0 radical (unpaired) electrons. The van der Waals surface area contributed by atoms with Crippen molar-refractivity contribution in [1.82, 2.24) is 20.5 Å². The quantitative estimate of drug-likeness (QED) is 0.414. The Morgan fingerprint density at radius 1 is 1.20 bits per heavy atom. The van der Waals surface area contributed by atoms with Crippen LogP contribution in [-0.4, -0.2) is 55.0 Å². The molecule has 1 aliphatic heterocycles. The summed E-state index contributed by atoms with van der Waals surface area (Å²) < 4.78 is 0. The fraction of sp³-hybridized carbons (Fsp3) is 0.182. The molecule has 0 saturated carbocycles. The lowest BCUT2D eigenvalue weighted by atomic mass is 10.0. The van der Waals surface area contributed by atoms with Gasteiger partial charge in [0.25, 0.3) is 5.91 Å². The second kappa shape index (κ2) is 9.62. The molecular weight excluding hydrogens is 378 g/mol. The lowest BCUT2D eigenvalue weighted by Crippen LogP contribution is -2.31. The van der Waals surface area contributed by atoms with E-state index in [0.717, 1.165) is 17.7 Å². The predicted octanol–water partition coefficient (Wildman–Crippen LogP) is 1.69. The van der Waals surface area contributed by atoms with E-state index in [9.17, 15) is 4.79 Å². The largest absolute Gasteiger partial charge is 0.384 e. The van der Waals surface area contributed by atoms with Crippen LogP contribution in [-0.2, 0) is 0 Å². The minimum atomic E-state index is -0.116. The Kier molecular flexibility index (Phi) is 6.71. The minimum Gasteiger partial charge on any atom is -0.384 e. The van der Waals surface area contributed by atoms with E-state index in [-0.39, 0.29) is 11.7 Å². The lowest BCUT2D eigenvalue weighted by molar-refractivity contribution is 0.0951. The molecule has 8 heteroatoms. The van der Waals surface area contributed by atoms with Crippen molar-refractivity contribution in [3.63, 3.8) is 0 Å². The van der Waals surface area contributed by atoms with E-state index in [1.165, 1.54) is 0 Å². The van der Waals surface area contributed by atoms with Gasteiger partial charge >= 0.3 is 0 Å². The van der Waals surface area contributed by atoms with Crippen molar-refractivity contribution in [1.29, 1.82) is 5.41 Å². The van der Waals surface area contributed by atoms with Gasteiger partial charge in [0.2, 0.25) is 0 Å². The van der Waals surface area contributed by atoms with E-state index in [0.29, 0.717) is 29.2 Å². The van der Waals surface area contributed by atoms with E-state index in [1.807, 2.05) is 37.2 Å². The molecule has 3 rings (SSSR count). The number of pyridine rings is 1. The van der Waals surface area contributed by atoms with Gasteiger partial charge in [0, 0.05) is 42.8 Å². The summed E-state index contributed by atoms with van der Waals surface area (Å²) in [7, 11) is 3.93. The average molecular weight is 403 g/mol. The molecular formula is C22H25N7O. The van der Waals surface area contributed by atoms with Crippen LogP contribution in [0.2, 0.25) is 0 Å². The summed E-state index contributed by atoms with van der Waals surface area (Å²) in [6.07, 6.45) is 5.13. The number of likely N-dealkylation sites (N-methyl/N-ethyl adjacent to an activating group) is 1. The molecule has 5 N–H and O–H groups in total. The molecule has 1 aromatic heterocycles. The number of hydrogen-bond acceptors (Lipinski definition) is 6. The second-order valence-corrected chi connectivity index (χ2v) is 6.99. The monoisotopic (exact) mass is 403 g/mol. The molecule has 1 aromatic carbocycles. The first-order chi connectivity index (χ1) is 14.5. The third-order valence-electron chi connectivity index (χ3n) is 4.45. The molecule has 2 aromatic rings. The fourth-order valence-electron chi connectivity index (χ4n) is 2.86. The van der Waals surface area contributed by atoms with Crippen molar-refractivity contribution in [2.45, 2.75) is 0 Å². The van der Waals surface area contributed by atoms with Crippen molar-refractivity contribution in [3.8, 4) is 0 Å². The van der Waals surface area contributed by atoms with E-state index in [2.05, 4.69) is 20.6 Å². The van der Waals surface area contributed by atoms with E-state index >= 15 is 0 Å². The molecule has 0 spiro atoms. The van der Waals surface area contributed by atoms with Crippen LogP contribution in [0, 0.1) is 5.41 Å². The van der Waals surface area contributed by atoms with Crippen molar-refractivity contribution >= 4 is 29.1 Å². The van der Waals surface area contributed by atoms with Gasteiger partial charge in [-0.15, -0.1) is 0 Å². The summed E-state index contributed by atoms with van der Waals surface area (Å²) in [4.78, 5) is 22.9. The van der Waals surface area contributed by atoms with Crippen LogP contribution < -0.4 is 16.4 Å². The summed E-state index contributed by atoms with van der Waals surface area (Å²) >= 11 is 0. The normalized spacial score (nSPS) is 14.7. The predicted molar refractivity (Wildman–Crippen MR) is 120 cm³/mol. The summed E-state index contributed by atoms with van der Waals surface area (Å²) in [5.74, 6) is 0.246. The van der Waals surface area contributed by atoms with Crippen LogP contribution in [0.25, 0.3) is 11.1 Å². The Balaban J connectivity index is 1.72. The van der Waals surface area contributed by atoms with Gasteiger partial charge in [-0.2, -0.15) is 0 Å². The third kappa shape index (κ3) is 5.18. The van der Waals surface area contributed by atoms with Crippen molar-refractivity contribution in [3.05, 3.63) is 77.5 Å². The third-order valence-corrected chi connectivity index (χ3v) is 4.45. The molecule has 1 aliphatic rings. The highest BCUT2D eigenvalue weighted by Gasteiger charge is 2.15. The highest BCUT2D eigenvalue weighted by molar-refractivity contribution is 6.21. The van der Waals surface area contributed by atoms with Gasteiger partial charge < -0.3 is 21.3 Å². The molecule has 0 atom stereocenters. The summed E-state index contributed by atoms with van der Waals surface area (Å²) in [5, 5.41) is 13.9. The number of aromatic nitrogens is 1. The molecule has 0 bridgehead atoms. The minimum absolute atomic E-state index is 0.0977. The number of carbonyl (C=O) groups excluding carboxylic acids is 1. The number of nitrogens with two attached hydrogens (primary N) is 1. The summed E-state index contributed by atoms with van der Waals surface area (Å²) in [5.41, 5.74) is 9.13. The second-order valence-electron chi connectivity index (χ2n) is 6.99. The van der Waals surface area contributed by atoms with Gasteiger partial charge in [-0.1, -0.05) is 18.2 Å². The number of nitrogens with one attached hydrogen (secondary N) is 3. The highest BCUT2D eigenvalue weighted by Crippen LogP contribution is 2.21. The zero-order valence-electron chi connectivity index (χ0n) is 17.0. The lowest BCUT2D eigenvalue weighted by Gasteiger charge is -2.15. The SMILES string of the molecule is CN(C)CCNC(=O)c1ccc(C2=CN/C(=C(/C(=N)N)c3ccccn3)N=C2)cc1. The van der Waals surface area contributed by atoms with Crippen LogP contribution in [0.1, 0.15) is 21.6 Å². The molecule has 0 aliphatic carbocycles. The number of carbonyl (C=O) groups is 1. The van der Waals surface area contributed by atoms with E-state index in [1.54, 1.807) is 42.9 Å². The number of aliphatic imine (C=N–C) groups is 1. The highest BCUT2D eigenvalue weighted by atomic mass is 16.1. The maximum absolute atomic E-state index is 12.2. The van der Waals surface area contributed by atoms with Crippen LogP contribution >= 0.6 is 0 Å². The fourth-order valence-corrected chi connectivity index (χ4v) is 2.86. The smallest absolute Gasteiger partial charge is 0.251 e. The standard InChI is InChI=1S/C22H25N7O/c1-29(2)12-11-26-22(30)16-8-6-15(7-9-16)17-13-27-21(28-14-17)19(20(23)24)18-5-3-4-10-25-18/h3-10,13-14,27H,11-12H2,1-2H3,(H3,23,24)(H,26,30)/b21-19-. The molecule has 30 heavy (non-hydrogen) atoms. The summed E-state index contributed by atoms with van der Waals surface area (Å²) in [6.45, 7) is 1.38. The number of hydrogen-bond donors (Lipinski definition) is 4. The van der Waals surface area contributed by atoms with Gasteiger partial charge in [-0.3, -0.25) is 15.2 Å². The number of nitrogens with zero attached hydrogens (tertiary/aromatic N) is 3. The number of benzene rings is 1. The Bertz CT molecular complexity index is 1010. The Morgan fingerprint density at radius 3 is 2.53 bits per heavy atom. The molecule has 1 amide bonds. The van der Waals surface area contributed by atoms with Crippen LogP contribution in [0.5, 0.6) is 0 Å². The molecule has 154 valence electrons. The Morgan fingerprint density at radius 2 is 1.97 bits per heavy atom. The van der Waals surface area contributed by atoms with Crippen LogP contribution in [0.3, 0.4) is 0 Å². The van der Waals surface area contributed by atoms with Gasteiger partial charge in [-0.25, -0.2) is 4.99 Å². The van der Waals surface area contributed by atoms with E-state index in [4.69, 9.17) is 11.1 Å². The number of amidine groups is 1. The van der Waals surface area contributed by atoms with Crippen molar-refractivity contribution in [2.75, 3.05) is 27.2 Å². The van der Waals surface area contributed by atoms with Crippen LogP contribution in [0.15, 0.2) is 65.7 Å². The molecule has 2 heterocycles. The van der Waals surface area contributed by atoms with Gasteiger partial charge in [0.05, 0.1) is 11.3 Å². The molecule has 0 saturated heterocycles. The number of allylic oxidation sites excluding steroid dienone is 1. The maximum Gasteiger partial charge on any atom is 0.251 e. The Hall–Kier alpha value is -3.78. The number of rotatable bonds is 7. The van der Waals surface area contributed by atoms with Crippen molar-refractivity contribution in [2.24, 2.45) is 10.7 Å². The molecule has 8 nitrogen and oxygen atoms in total. The summed E-state index contributed by atoms with van der Waals surface area (Å²) in [6, 6.07) is 12.7. The van der Waals surface area contributed by atoms with Crippen molar-refractivity contribution < 1.29 is 4.79 Å². The van der Waals surface area contributed by atoms with Gasteiger partial charge in [0.1, 0.15) is 11.7 Å². The topological polar surface area (TPSA) is 119 Å². The maximum atomic E-state index is 12.2. The van der Waals surface area contributed by atoms with Gasteiger partial charge in [-0.05, 0) is 43.9 Å². The van der Waals surface area contributed by atoms with E-state index < -0.39 is 0 Å².